The maximum atomic E-state index is 15.4. The number of sulfone groups is 1. The highest BCUT2D eigenvalue weighted by Crippen LogP contribution is 2.49. The molecule has 2 fully saturated rings. The van der Waals surface area contributed by atoms with Gasteiger partial charge in [-0.05, 0) is 205 Å². The number of aliphatic hydroxyl groups excluding tert-OH is 1. The first-order valence-electron chi connectivity index (χ1n) is 34.4. The molecule has 0 radical (unpaired) electrons. The summed E-state index contributed by atoms with van der Waals surface area (Å²) in [6, 6.07) is 42.7. The molecule has 0 bridgehead atoms. The Balaban J connectivity index is 0.822. The number of nitrogens with zero attached hydrogens (tertiary/aromatic N) is 3. The average molecular weight is 1420 g/mol. The number of rotatable bonds is 17. The Morgan fingerprint density at radius 1 is 0.560 bits per heavy atom. The van der Waals surface area contributed by atoms with Gasteiger partial charge in [0.15, 0.2) is 16.1 Å². The summed E-state index contributed by atoms with van der Waals surface area (Å²) in [5, 5.41) is 47.8. The second-order valence-electron chi connectivity index (χ2n) is 26.9. The van der Waals surface area contributed by atoms with E-state index >= 15 is 8.42 Å². The molecule has 6 aromatic heterocycles. The zero-order valence-corrected chi connectivity index (χ0v) is 60.7. The molecule has 0 spiro atoms. The monoisotopic (exact) mass is 1420 g/mol. The van der Waals surface area contributed by atoms with Gasteiger partial charge in [-0.25, -0.2) is 33.0 Å². The zero-order chi connectivity index (χ0) is 69.7. The number of benzene rings is 7. The van der Waals surface area contributed by atoms with Gasteiger partial charge in [-0.2, -0.15) is 0 Å². The molecular formula is C82H75N3O10S5. The number of aromatic carboxylic acids is 2. The predicted molar refractivity (Wildman–Crippen MR) is 407 cm³/mol. The van der Waals surface area contributed by atoms with Crippen molar-refractivity contribution in [1.82, 2.24) is 15.0 Å². The number of fused-ring (bicyclic) bond motifs is 6. The summed E-state index contributed by atoms with van der Waals surface area (Å²) in [5.41, 5.74) is 12.6. The SMILES string of the molecule is CCc1ccc(S(=O)C2CCCCC2)c2c(C(O)O)cc(-c3sc4cc(-c5cc(S(=O)(=O)C6CCCCC6)c6c(C(=O)O)cc(-c7sc8cc(-c9ccccc9[C@H](C)Oc9ccc(C)c%10nc(-c%11sc%12ccccc%12c%11C)cc(C(=O)O)c9%10)ccc8c7C)nc6c5CC)ccc4c3C)nc12. The Morgan fingerprint density at radius 3 is 1.72 bits per heavy atom. The second kappa shape index (κ2) is 26.7. The zero-order valence-electron chi connectivity index (χ0n) is 56.6. The van der Waals surface area contributed by atoms with E-state index in [0.29, 0.717) is 91.9 Å². The number of carboxylic acids is 2. The quantitative estimate of drug-likeness (QED) is 0.0625. The minimum absolute atomic E-state index is 0.0236. The molecule has 1 unspecified atom stereocenters. The van der Waals surface area contributed by atoms with Crippen molar-refractivity contribution >= 4 is 130 Å². The number of pyridine rings is 3. The summed E-state index contributed by atoms with van der Waals surface area (Å²) in [6.45, 7) is 14.0. The molecule has 0 amide bonds. The van der Waals surface area contributed by atoms with Crippen LogP contribution in [-0.4, -0.2) is 70.4 Å². The second-order valence-corrected chi connectivity index (χ2v) is 33.9. The standard InChI is InChI=1S/C82H75N3O10S5/c1-8-47-31-35-69(99(92)50-20-12-10-13-21-50)72-60(81(88)89)39-63(84-75(47)72)78-44(5)55-33-30-49(37-68(55)98-78)58-41-70(100(93,94)51-22-14-11-15-23-51)73-61(82(90)91)40-64(85-76(73)52(58)9-2)79-45(6)54-32-29-48(36-67(54)97-79)57-26-17-16-25-56(57)46(7)95-65-34-28-42(3)74-71(65)59(80(86)87)38-62(83-74)77-43(4)53-24-18-19-27-66(53)96-77/h16-19,24-41,46,50-51,81,88-89H,8-15,20-23H2,1-7H3,(H,86,87)(H,90,91)/t46-,99?/m0/s1. The summed E-state index contributed by atoms with van der Waals surface area (Å²) in [7, 11) is -5.51. The number of carboxylic acid groups (broad SMARTS) is 2. The molecule has 2 atom stereocenters. The first kappa shape index (κ1) is 67.2. The molecule has 4 N–H and O–H groups in total. The van der Waals surface area contributed by atoms with Crippen molar-refractivity contribution in [2.45, 2.75) is 158 Å². The van der Waals surface area contributed by atoms with E-state index in [0.717, 1.165) is 146 Å². The Labute approximate surface area is 594 Å². The molecule has 2 aliphatic rings. The molecule has 6 heterocycles. The molecular weight excluding hydrogens is 1350 g/mol. The fourth-order valence-electron chi connectivity index (χ4n) is 15.6. The lowest BCUT2D eigenvalue weighted by molar-refractivity contribution is -0.0414. The third-order valence-corrected chi connectivity index (χ3v) is 28.9. The third-order valence-electron chi connectivity index (χ3n) is 20.9. The van der Waals surface area contributed by atoms with Gasteiger partial charge < -0.3 is 25.2 Å². The van der Waals surface area contributed by atoms with Gasteiger partial charge in [0, 0.05) is 40.6 Å². The molecule has 13 aromatic rings. The maximum Gasteiger partial charge on any atom is 0.336 e. The van der Waals surface area contributed by atoms with Gasteiger partial charge in [-0.15, -0.1) is 34.0 Å². The third kappa shape index (κ3) is 11.6. The van der Waals surface area contributed by atoms with Crippen molar-refractivity contribution in [3.8, 4) is 59.7 Å². The van der Waals surface area contributed by atoms with Crippen molar-refractivity contribution < 1.29 is 47.4 Å². The van der Waals surface area contributed by atoms with Gasteiger partial charge in [-0.1, -0.05) is 131 Å². The lowest BCUT2D eigenvalue weighted by Crippen LogP contribution is -2.25. The number of carbonyl (C=O) groups is 2. The molecule has 15 rings (SSSR count). The van der Waals surface area contributed by atoms with Crippen LogP contribution in [0.15, 0.2) is 143 Å². The summed E-state index contributed by atoms with van der Waals surface area (Å²) in [4.78, 5) is 46.1. The predicted octanol–water partition coefficient (Wildman–Crippen LogP) is 20.7. The number of hydrogen-bond donors (Lipinski definition) is 4. The number of aliphatic hydroxyl groups is 2. The smallest absolute Gasteiger partial charge is 0.336 e. The largest absolute Gasteiger partial charge is 0.485 e. The number of thiophene rings is 3. The average Bonchev–Trinajstić information content (AvgIpc) is 0.875. The normalized spacial score (nSPS) is 14.9. The van der Waals surface area contributed by atoms with E-state index in [4.69, 9.17) is 19.7 Å². The number of hydrogen-bond acceptors (Lipinski definition) is 14. The molecule has 7 aromatic carbocycles. The van der Waals surface area contributed by atoms with E-state index in [2.05, 4.69) is 36.4 Å². The topological polar surface area (TPSA) is 214 Å². The van der Waals surface area contributed by atoms with Gasteiger partial charge in [0.1, 0.15) is 11.9 Å². The van der Waals surface area contributed by atoms with E-state index in [-0.39, 0.29) is 32.2 Å². The Hall–Kier alpha value is -8.59. The minimum Gasteiger partial charge on any atom is -0.485 e. The van der Waals surface area contributed by atoms with Gasteiger partial charge in [-0.3, -0.25) is 4.21 Å². The lowest BCUT2D eigenvalue weighted by Gasteiger charge is -2.24. The van der Waals surface area contributed by atoms with E-state index in [9.17, 15) is 34.2 Å². The highest BCUT2D eigenvalue weighted by molar-refractivity contribution is 7.92. The molecule has 508 valence electrons. The summed E-state index contributed by atoms with van der Waals surface area (Å²) < 4.78 is 55.0. The van der Waals surface area contributed by atoms with Crippen molar-refractivity contribution in [3.63, 3.8) is 0 Å². The lowest BCUT2D eigenvalue weighted by atomic mass is 9.92. The molecule has 0 saturated heterocycles. The van der Waals surface area contributed by atoms with Crippen LogP contribution in [0.1, 0.15) is 163 Å². The van der Waals surface area contributed by atoms with Gasteiger partial charge >= 0.3 is 11.9 Å². The van der Waals surface area contributed by atoms with Crippen LogP contribution in [0.5, 0.6) is 5.75 Å². The fourth-order valence-corrected chi connectivity index (χ4v) is 23.0. The van der Waals surface area contributed by atoms with Gasteiger partial charge in [0.05, 0.1) is 85.7 Å². The Bertz CT molecular complexity index is 5700. The molecule has 2 saturated carbocycles. The van der Waals surface area contributed by atoms with Gasteiger partial charge in [0.25, 0.3) is 0 Å². The van der Waals surface area contributed by atoms with Crippen molar-refractivity contribution in [1.29, 1.82) is 0 Å². The first-order valence-corrected chi connectivity index (χ1v) is 39.6. The van der Waals surface area contributed by atoms with E-state index < -0.39 is 50.2 Å². The van der Waals surface area contributed by atoms with Crippen LogP contribution >= 0.6 is 34.0 Å². The van der Waals surface area contributed by atoms with Crippen LogP contribution in [-0.2, 0) is 33.5 Å². The first-order chi connectivity index (χ1) is 48.2. The van der Waals surface area contributed by atoms with Crippen LogP contribution in [0.2, 0.25) is 0 Å². The van der Waals surface area contributed by atoms with Crippen LogP contribution in [0, 0.1) is 27.7 Å². The van der Waals surface area contributed by atoms with Gasteiger partial charge in [0.2, 0.25) is 0 Å². The summed E-state index contributed by atoms with van der Waals surface area (Å²) >= 11 is 4.59. The van der Waals surface area contributed by atoms with Crippen molar-refractivity contribution in [2.24, 2.45) is 0 Å². The summed E-state index contributed by atoms with van der Waals surface area (Å²) in [5.74, 6) is -1.95. The highest BCUT2D eigenvalue weighted by Gasteiger charge is 2.36. The van der Waals surface area contributed by atoms with Crippen LogP contribution in [0.25, 0.3) is 117 Å². The van der Waals surface area contributed by atoms with Crippen LogP contribution < -0.4 is 4.74 Å². The van der Waals surface area contributed by atoms with Crippen LogP contribution in [0.4, 0.5) is 0 Å². The maximum absolute atomic E-state index is 15.4. The fraction of sp³-hybridized carbons (Fsp3) is 0.280. The Morgan fingerprint density at radius 2 is 1.11 bits per heavy atom. The van der Waals surface area contributed by atoms with Crippen molar-refractivity contribution in [2.75, 3.05) is 0 Å². The molecule has 0 aliphatic heterocycles. The number of ether oxygens (including phenoxy) is 1. The van der Waals surface area contributed by atoms with E-state index in [1.807, 2.05) is 121 Å². The number of aromatic nitrogens is 3. The highest BCUT2D eigenvalue weighted by atomic mass is 32.2. The van der Waals surface area contributed by atoms with E-state index in [1.165, 1.54) is 22.7 Å². The Kier molecular flexibility index (Phi) is 18.0. The molecule has 100 heavy (non-hydrogen) atoms. The number of aryl methyl sites for hydroxylation is 6. The minimum atomic E-state index is -4.13. The van der Waals surface area contributed by atoms with Crippen molar-refractivity contribution in [3.05, 3.63) is 189 Å². The molecule has 18 heteroatoms. The molecule has 2 aliphatic carbocycles. The van der Waals surface area contributed by atoms with E-state index in [1.54, 1.807) is 35.6 Å². The molecule has 13 nitrogen and oxygen atoms in total. The summed E-state index contributed by atoms with van der Waals surface area (Å²) in [6.07, 6.45) is 6.77. The van der Waals surface area contributed by atoms with Crippen LogP contribution in [0.3, 0.4) is 0 Å².